The Balaban J connectivity index is 2.91. The average molecular weight is 291 g/mol. The number of ether oxygens (including phenoxy) is 2. The van der Waals surface area contributed by atoms with Crippen molar-refractivity contribution in [2.45, 2.75) is 70.4 Å². The van der Waals surface area contributed by atoms with Gasteiger partial charge in [0.25, 0.3) is 0 Å². The first-order valence-corrected chi connectivity index (χ1v) is 6.79. The van der Waals surface area contributed by atoms with Crippen molar-refractivity contribution in [3.8, 4) is 0 Å². The third-order valence-corrected chi connectivity index (χ3v) is 3.54. The highest BCUT2D eigenvalue weighted by Crippen LogP contribution is 2.27. The van der Waals surface area contributed by atoms with Crippen molar-refractivity contribution in [2.75, 3.05) is 6.61 Å². The molecule has 0 aromatic heterocycles. The van der Waals surface area contributed by atoms with Crippen LogP contribution in [0.15, 0.2) is 0 Å². The monoisotopic (exact) mass is 291 g/mol. The van der Waals surface area contributed by atoms with Gasteiger partial charge in [-0.2, -0.15) is 0 Å². The Morgan fingerprint density at radius 3 is 2.40 bits per heavy atom. The predicted octanol–water partition coefficient (Wildman–Crippen LogP) is -0.865. The van der Waals surface area contributed by atoms with Crippen LogP contribution in [0.25, 0.3) is 0 Å². The van der Waals surface area contributed by atoms with Gasteiger partial charge in [-0.05, 0) is 20.3 Å². The molecule has 1 amide bonds. The quantitative estimate of drug-likeness (QED) is 0.525. The summed E-state index contributed by atoms with van der Waals surface area (Å²) in [5, 5.41) is 31.6. The lowest BCUT2D eigenvalue weighted by molar-refractivity contribution is -0.295. The molecule has 0 radical (unpaired) electrons. The number of nitrogens with one attached hydrogen (secondary N) is 1. The normalized spacial score (nSPS) is 34.9. The summed E-state index contributed by atoms with van der Waals surface area (Å²) >= 11 is 0. The number of amides is 1. The first kappa shape index (κ1) is 17.3. The van der Waals surface area contributed by atoms with Crippen LogP contribution in [0.5, 0.6) is 0 Å². The summed E-state index contributed by atoms with van der Waals surface area (Å²) in [6, 6.07) is -0.892. The standard InChI is InChI=1S/C13H25NO6/c1-5-13(3,4)20-12-9(14-7(2)16)11(18)10(17)8(6-15)19-12/h8-12,15,17-18H,5-6H2,1-4H3,(H,14,16)/t8-,9-,10-,11-,12+/m1/s1. The summed E-state index contributed by atoms with van der Waals surface area (Å²) in [6.07, 6.45) is -3.76. The Morgan fingerprint density at radius 1 is 1.35 bits per heavy atom. The molecule has 5 atom stereocenters. The van der Waals surface area contributed by atoms with Crippen LogP contribution in [0.3, 0.4) is 0 Å². The SMILES string of the molecule is CCC(C)(C)O[C@@H]1O[C@H](CO)[C@@H](O)[C@H](O)[C@H]1NC(C)=O. The van der Waals surface area contributed by atoms with Gasteiger partial charge in [-0.1, -0.05) is 6.92 Å². The summed E-state index contributed by atoms with van der Waals surface area (Å²) in [4.78, 5) is 11.2. The van der Waals surface area contributed by atoms with Gasteiger partial charge >= 0.3 is 0 Å². The van der Waals surface area contributed by atoms with E-state index < -0.39 is 42.9 Å². The van der Waals surface area contributed by atoms with Crippen molar-refractivity contribution in [1.82, 2.24) is 5.32 Å². The highest BCUT2D eigenvalue weighted by atomic mass is 16.7. The lowest BCUT2D eigenvalue weighted by Gasteiger charge is -2.44. The maximum atomic E-state index is 11.2. The second-order valence-corrected chi connectivity index (χ2v) is 5.66. The van der Waals surface area contributed by atoms with Gasteiger partial charge in [-0.15, -0.1) is 0 Å². The molecule has 1 heterocycles. The zero-order valence-corrected chi connectivity index (χ0v) is 12.4. The fourth-order valence-electron chi connectivity index (χ4n) is 1.97. The van der Waals surface area contributed by atoms with E-state index in [1.165, 1.54) is 6.92 Å². The topological polar surface area (TPSA) is 108 Å². The van der Waals surface area contributed by atoms with Gasteiger partial charge < -0.3 is 30.1 Å². The number of aliphatic hydroxyl groups excluding tert-OH is 3. The second-order valence-electron chi connectivity index (χ2n) is 5.66. The molecule has 7 nitrogen and oxygen atoms in total. The van der Waals surface area contributed by atoms with E-state index in [1.54, 1.807) is 0 Å². The number of carbonyl (C=O) groups excluding carboxylic acids is 1. The van der Waals surface area contributed by atoms with E-state index in [4.69, 9.17) is 9.47 Å². The minimum absolute atomic E-state index is 0.366. The van der Waals surface area contributed by atoms with Crippen molar-refractivity contribution in [1.29, 1.82) is 0 Å². The highest BCUT2D eigenvalue weighted by molar-refractivity contribution is 5.73. The molecule has 0 aliphatic carbocycles. The molecular weight excluding hydrogens is 266 g/mol. The summed E-state index contributed by atoms with van der Waals surface area (Å²) < 4.78 is 11.2. The summed E-state index contributed by atoms with van der Waals surface area (Å²) in [5.74, 6) is -0.366. The molecule has 0 unspecified atom stereocenters. The minimum Gasteiger partial charge on any atom is -0.394 e. The fourth-order valence-corrected chi connectivity index (χ4v) is 1.97. The Kier molecular flexibility index (Phi) is 5.91. The molecule has 0 spiro atoms. The third-order valence-electron chi connectivity index (χ3n) is 3.54. The molecule has 1 rings (SSSR count). The molecule has 1 fully saturated rings. The van der Waals surface area contributed by atoms with E-state index in [0.29, 0.717) is 6.42 Å². The molecule has 0 aromatic rings. The van der Waals surface area contributed by atoms with Crippen LogP contribution in [-0.4, -0.2) is 64.1 Å². The van der Waals surface area contributed by atoms with Crippen LogP contribution in [0.4, 0.5) is 0 Å². The number of aliphatic hydroxyl groups is 3. The molecule has 20 heavy (non-hydrogen) atoms. The van der Waals surface area contributed by atoms with Crippen molar-refractivity contribution in [3.05, 3.63) is 0 Å². The fraction of sp³-hybridized carbons (Fsp3) is 0.923. The van der Waals surface area contributed by atoms with Crippen LogP contribution >= 0.6 is 0 Å². The molecular formula is C13H25NO6. The molecule has 118 valence electrons. The first-order valence-electron chi connectivity index (χ1n) is 6.79. The molecule has 1 aliphatic heterocycles. The van der Waals surface area contributed by atoms with Gasteiger partial charge in [0.1, 0.15) is 24.4 Å². The van der Waals surface area contributed by atoms with Gasteiger partial charge in [0.15, 0.2) is 6.29 Å². The van der Waals surface area contributed by atoms with Crippen molar-refractivity contribution in [2.24, 2.45) is 0 Å². The van der Waals surface area contributed by atoms with Crippen LogP contribution in [0.2, 0.25) is 0 Å². The van der Waals surface area contributed by atoms with Crippen LogP contribution in [0, 0.1) is 0 Å². The summed E-state index contributed by atoms with van der Waals surface area (Å²) in [7, 11) is 0. The molecule has 1 aliphatic rings. The van der Waals surface area contributed by atoms with E-state index in [9.17, 15) is 20.1 Å². The number of hydrogen-bond acceptors (Lipinski definition) is 6. The molecule has 1 saturated heterocycles. The maximum Gasteiger partial charge on any atom is 0.217 e. The lowest BCUT2D eigenvalue weighted by atomic mass is 9.96. The summed E-state index contributed by atoms with van der Waals surface area (Å²) in [6.45, 7) is 6.50. The third kappa shape index (κ3) is 4.13. The van der Waals surface area contributed by atoms with E-state index >= 15 is 0 Å². The van der Waals surface area contributed by atoms with Crippen molar-refractivity contribution in [3.63, 3.8) is 0 Å². The smallest absolute Gasteiger partial charge is 0.217 e. The number of rotatable bonds is 5. The number of hydrogen-bond donors (Lipinski definition) is 4. The molecule has 7 heteroatoms. The predicted molar refractivity (Wildman–Crippen MR) is 70.8 cm³/mol. The lowest BCUT2D eigenvalue weighted by Crippen LogP contribution is -2.65. The number of carbonyl (C=O) groups is 1. The van der Waals surface area contributed by atoms with Gasteiger partial charge in [0.2, 0.25) is 5.91 Å². The molecule has 4 N–H and O–H groups in total. The molecule has 0 bridgehead atoms. The second kappa shape index (κ2) is 6.82. The van der Waals surface area contributed by atoms with E-state index in [-0.39, 0.29) is 5.91 Å². The zero-order chi connectivity index (χ0) is 15.5. The summed E-state index contributed by atoms with van der Waals surface area (Å²) in [5.41, 5.74) is -0.524. The van der Waals surface area contributed by atoms with Gasteiger partial charge in [0, 0.05) is 6.92 Å². The first-order chi connectivity index (χ1) is 9.21. The Hall–Kier alpha value is -0.730. The Labute approximate surface area is 118 Å². The Morgan fingerprint density at radius 2 is 1.95 bits per heavy atom. The zero-order valence-electron chi connectivity index (χ0n) is 12.4. The van der Waals surface area contributed by atoms with E-state index in [0.717, 1.165) is 0 Å². The highest BCUT2D eigenvalue weighted by Gasteiger charge is 2.46. The van der Waals surface area contributed by atoms with E-state index in [1.807, 2.05) is 20.8 Å². The van der Waals surface area contributed by atoms with Crippen LogP contribution in [0.1, 0.15) is 34.1 Å². The maximum absolute atomic E-state index is 11.2. The molecule has 0 aromatic carbocycles. The van der Waals surface area contributed by atoms with E-state index in [2.05, 4.69) is 5.32 Å². The Bertz CT molecular complexity index is 335. The average Bonchev–Trinajstić information content (AvgIpc) is 2.37. The van der Waals surface area contributed by atoms with Crippen LogP contribution in [-0.2, 0) is 14.3 Å². The van der Waals surface area contributed by atoms with Gasteiger partial charge in [-0.3, -0.25) is 4.79 Å². The van der Waals surface area contributed by atoms with Crippen molar-refractivity contribution < 1.29 is 29.6 Å². The largest absolute Gasteiger partial charge is 0.394 e. The van der Waals surface area contributed by atoms with Crippen LogP contribution < -0.4 is 5.32 Å². The van der Waals surface area contributed by atoms with Gasteiger partial charge in [0.05, 0.1) is 12.2 Å². The van der Waals surface area contributed by atoms with Crippen molar-refractivity contribution >= 4 is 5.91 Å². The van der Waals surface area contributed by atoms with Gasteiger partial charge in [-0.25, -0.2) is 0 Å². The minimum atomic E-state index is -1.29. The molecule has 0 saturated carbocycles.